The summed E-state index contributed by atoms with van der Waals surface area (Å²) in [5.41, 5.74) is 9.04. The summed E-state index contributed by atoms with van der Waals surface area (Å²) in [5.74, 6) is 0.576. The molecule has 0 amide bonds. The van der Waals surface area contributed by atoms with Crippen molar-refractivity contribution in [3.05, 3.63) is 133 Å². The fourth-order valence-corrected chi connectivity index (χ4v) is 5.45. The maximum absolute atomic E-state index is 2.34. The molecule has 0 spiro atoms. The first-order chi connectivity index (χ1) is 17.7. The molecule has 0 saturated carbocycles. The Morgan fingerprint density at radius 1 is 0.447 bits per heavy atom. The van der Waals surface area contributed by atoms with E-state index in [1.165, 1.54) is 60.5 Å². The average molecular weight is 495 g/mol. The van der Waals surface area contributed by atoms with Gasteiger partial charge in [0.15, 0.2) is 0 Å². The Balaban J connectivity index is 0.00000168. The molecule has 0 aromatic heterocycles. The van der Waals surface area contributed by atoms with Crippen LogP contribution < -0.4 is 0 Å². The predicted molar refractivity (Wildman–Crippen MR) is 170 cm³/mol. The molecule has 0 aliphatic carbocycles. The molecule has 0 heterocycles. The van der Waals surface area contributed by atoms with Crippen LogP contribution in [-0.2, 0) is 0 Å². The van der Waals surface area contributed by atoms with Gasteiger partial charge < -0.3 is 0 Å². The minimum Gasteiger partial charge on any atom is -0.0776 e. The van der Waals surface area contributed by atoms with E-state index in [1.54, 1.807) is 0 Å². The highest BCUT2D eigenvalue weighted by molar-refractivity contribution is 6.21. The van der Waals surface area contributed by atoms with Crippen LogP contribution in [0, 0.1) is 0 Å². The Bertz CT molecular complexity index is 1600. The Labute approximate surface area is 228 Å². The first-order valence-corrected chi connectivity index (χ1v) is 12.9. The lowest BCUT2D eigenvalue weighted by molar-refractivity contribution is 0.734. The number of rotatable bonds is 5. The van der Waals surface area contributed by atoms with E-state index >= 15 is 0 Å². The molecule has 1 unspecified atom stereocenters. The lowest BCUT2D eigenvalue weighted by Crippen LogP contribution is -1.93. The lowest BCUT2D eigenvalue weighted by atomic mass is 9.85. The molecule has 6 aromatic carbocycles. The van der Waals surface area contributed by atoms with Crippen molar-refractivity contribution in [2.45, 2.75) is 41.0 Å². The van der Waals surface area contributed by atoms with Gasteiger partial charge in [0.2, 0.25) is 0 Å². The van der Waals surface area contributed by atoms with Gasteiger partial charge in [0.25, 0.3) is 0 Å². The van der Waals surface area contributed by atoms with Crippen LogP contribution in [0.5, 0.6) is 0 Å². The van der Waals surface area contributed by atoms with Crippen LogP contribution in [0.2, 0.25) is 0 Å². The average Bonchev–Trinajstić information content (AvgIpc) is 2.96. The Kier molecular flexibility index (Phi) is 8.13. The van der Waals surface area contributed by atoms with Crippen LogP contribution >= 0.6 is 0 Å². The standard InChI is InChI=1S/C36H30.2CH4/c1-3-25(2)26-20-22-28(23-21-26)35-31-16-7-9-18-33(31)36(34-19-10-8-17-32(34)35)30-15-11-14-29(24-30)27-12-5-4-6-13-27;;/h4-25H,3H2,1-2H3;2*1H4. The van der Waals surface area contributed by atoms with E-state index in [4.69, 9.17) is 0 Å². The van der Waals surface area contributed by atoms with Crippen LogP contribution in [-0.4, -0.2) is 0 Å². The van der Waals surface area contributed by atoms with Gasteiger partial charge in [-0.15, -0.1) is 0 Å². The second-order valence-corrected chi connectivity index (χ2v) is 9.72. The summed E-state index contributed by atoms with van der Waals surface area (Å²) in [4.78, 5) is 0. The quantitative estimate of drug-likeness (QED) is 0.209. The van der Waals surface area contributed by atoms with Crippen molar-refractivity contribution < 1.29 is 0 Å². The summed E-state index contributed by atoms with van der Waals surface area (Å²) < 4.78 is 0. The molecule has 0 aliphatic rings. The van der Waals surface area contributed by atoms with Crippen molar-refractivity contribution in [1.82, 2.24) is 0 Å². The van der Waals surface area contributed by atoms with Crippen LogP contribution in [0.15, 0.2) is 127 Å². The fraction of sp³-hybridized carbons (Fsp3) is 0.158. The molecule has 0 radical (unpaired) electrons. The van der Waals surface area contributed by atoms with Gasteiger partial charge in [-0.2, -0.15) is 0 Å². The minimum absolute atomic E-state index is 0. The predicted octanol–water partition coefficient (Wildman–Crippen LogP) is 11.8. The van der Waals surface area contributed by atoms with Crippen molar-refractivity contribution in [2.75, 3.05) is 0 Å². The van der Waals surface area contributed by atoms with E-state index in [2.05, 4.69) is 141 Å². The Morgan fingerprint density at radius 2 is 0.895 bits per heavy atom. The highest BCUT2D eigenvalue weighted by Gasteiger charge is 2.17. The molecule has 6 rings (SSSR count). The molecule has 190 valence electrons. The molecule has 38 heavy (non-hydrogen) atoms. The van der Waals surface area contributed by atoms with E-state index in [-0.39, 0.29) is 14.9 Å². The third kappa shape index (κ3) is 4.75. The first-order valence-electron chi connectivity index (χ1n) is 12.9. The molecule has 0 fully saturated rings. The largest absolute Gasteiger partial charge is 0.0776 e. The summed E-state index contributed by atoms with van der Waals surface area (Å²) in [6, 6.07) is 46.6. The second-order valence-electron chi connectivity index (χ2n) is 9.72. The summed E-state index contributed by atoms with van der Waals surface area (Å²) >= 11 is 0. The maximum atomic E-state index is 2.34. The summed E-state index contributed by atoms with van der Waals surface area (Å²) in [6.45, 7) is 4.56. The summed E-state index contributed by atoms with van der Waals surface area (Å²) in [6.07, 6.45) is 1.15. The van der Waals surface area contributed by atoms with E-state index in [1.807, 2.05) is 0 Å². The van der Waals surface area contributed by atoms with Gasteiger partial charge >= 0.3 is 0 Å². The molecular formula is C38H38. The van der Waals surface area contributed by atoms with Gasteiger partial charge in [0.1, 0.15) is 0 Å². The smallest absolute Gasteiger partial charge is 0.00262 e. The maximum Gasteiger partial charge on any atom is -0.00262 e. The number of fused-ring (bicyclic) bond motifs is 2. The zero-order chi connectivity index (χ0) is 24.5. The summed E-state index contributed by atoms with van der Waals surface area (Å²) in [7, 11) is 0. The highest BCUT2D eigenvalue weighted by atomic mass is 14.2. The van der Waals surface area contributed by atoms with Gasteiger partial charge in [-0.3, -0.25) is 0 Å². The number of hydrogen-bond donors (Lipinski definition) is 0. The minimum atomic E-state index is 0. The SMILES string of the molecule is C.C.CCC(C)c1ccc(-c2c3ccccc3c(-c3cccc(-c4ccccc4)c3)c3ccccc23)cc1. The molecule has 0 N–H and O–H groups in total. The van der Waals surface area contributed by atoms with Gasteiger partial charge in [0.05, 0.1) is 0 Å². The third-order valence-electron chi connectivity index (χ3n) is 7.57. The topological polar surface area (TPSA) is 0 Å². The molecular weight excluding hydrogens is 456 g/mol. The van der Waals surface area contributed by atoms with Crippen LogP contribution in [0.3, 0.4) is 0 Å². The Hall–Kier alpha value is -4.16. The number of hydrogen-bond acceptors (Lipinski definition) is 0. The van der Waals surface area contributed by atoms with Gasteiger partial charge in [-0.1, -0.05) is 150 Å². The molecule has 6 aromatic rings. The molecule has 0 saturated heterocycles. The third-order valence-corrected chi connectivity index (χ3v) is 7.57. The van der Waals surface area contributed by atoms with Crippen LogP contribution in [0.25, 0.3) is 54.9 Å². The zero-order valence-electron chi connectivity index (χ0n) is 20.9. The lowest BCUT2D eigenvalue weighted by Gasteiger charge is -2.18. The van der Waals surface area contributed by atoms with Crippen molar-refractivity contribution >= 4 is 21.5 Å². The molecule has 0 nitrogen and oxygen atoms in total. The van der Waals surface area contributed by atoms with Gasteiger partial charge in [-0.25, -0.2) is 0 Å². The van der Waals surface area contributed by atoms with Crippen molar-refractivity contribution in [2.24, 2.45) is 0 Å². The first kappa shape index (κ1) is 26.9. The van der Waals surface area contributed by atoms with Crippen LogP contribution in [0.1, 0.15) is 46.6 Å². The van der Waals surface area contributed by atoms with E-state index in [0.29, 0.717) is 5.92 Å². The van der Waals surface area contributed by atoms with E-state index in [0.717, 1.165) is 6.42 Å². The zero-order valence-corrected chi connectivity index (χ0v) is 20.9. The molecule has 0 heteroatoms. The molecule has 0 bridgehead atoms. The number of benzene rings is 6. The molecule has 1 atom stereocenters. The van der Waals surface area contributed by atoms with Crippen LogP contribution in [0.4, 0.5) is 0 Å². The van der Waals surface area contributed by atoms with Crippen molar-refractivity contribution in [1.29, 1.82) is 0 Å². The van der Waals surface area contributed by atoms with Gasteiger partial charge in [0, 0.05) is 0 Å². The fourth-order valence-electron chi connectivity index (χ4n) is 5.45. The highest BCUT2D eigenvalue weighted by Crippen LogP contribution is 2.44. The van der Waals surface area contributed by atoms with Crippen molar-refractivity contribution in [3.63, 3.8) is 0 Å². The normalized spacial score (nSPS) is 11.5. The van der Waals surface area contributed by atoms with E-state index in [9.17, 15) is 0 Å². The second kappa shape index (κ2) is 11.5. The van der Waals surface area contributed by atoms with Gasteiger partial charge in [-0.05, 0) is 78.9 Å². The monoisotopic (exact) mass is 494 g/mol. The Morgan fingerprint density at radius 3 is 1.42 bits per heavy atom. The van der Waals surface area contributed by atoms with E-state index < -0.39 is 0 Å². The summed E-state index contributed by atoms with van der Waals surface area (Å²) in [5, 5.41) is 5.19. The molecule has 0 aliphatic heterocycles. The van der Waals surface area contributed by atoms with Crippen molar-refractivity contribution in [3.8, 4) is 33.4 Å².